The van der Waals surface area contributed by atoms with E-state index in [0.29, 0.717) is 35.4 Å². The van der Waals surface area contributed by atoms with Crippen molar-refractivity contribution in [3.63, 3.8) is 0 Å². The molecule has 2 aromatic heterocycles. The smallest absolute Gasteiger partial charge is 0.270 e. The maximum absolute atomic E-state index is 14.3. The van der Waals surface area contributed by atoms with E-state index in [0.717, 1.165) is 11.6 Å². The van der Waals surface area contributed by atoms with Gasteiger partial charge in [0.1, 0.15) is 40.5 Å². The number of halogens is 2. The second kappa shape index (κ2) is 10.3. The van der Waals surface area contributed by atoms with Gasteiger partial charge in [0.25, 0.3) is 5.56 Å². The van der Waals surface area contributed by atoms with Crippen LogP contribution < -0.4 is 10.5 Å². The van der Waals surface area contributed by atoms with Crippen LogP contribution in [-0.2, 0) is 7.05 Å². The number of pyridine rings is 2. The molecule has 1 fully saturated rings. The number of benzene rings is 2. The topological polar surface area (TPSA) is 88.9 Å². The minimum atomic E-state index is -0.644. The van der Waals surface area contributed by atoms with E-state index in [1.54, 1.807) is 19.2 Å². The molecule has 0 aliphatic carbocycles. The van der Waals surface area contributed by atoms with Gasteiger partial charge in [0.05, 0.1) is 17.2 Å². The predicted molar refractivity (Wildman–Crippen MR) is 144 cm³/mol. The second-order valence-electron chi connectivity index (χ2n) is 9.94. The van der Waals surface area contributed by atoms with E-state index < -0.39 is 23.2 Å². The molecule has 0 bridgehead atoms. The average molecular weight is 525 g/mol. The molecule has 1 aliphatic rings. The molecule has 39 heavy (non-hydrogen) atoms. The molecular weight excluding hydrogens is 498 g/mol. The maximum atomic E-state index is 14.3. The first-order valence-corrected chi connectivity index (χ1v) is 12.6. The molecule has 2 aromatic carbocycles. The molecule has 4 aromatic rings. The zero-order valence-electron chi connectivity index (χ0n) is 21.8. The number of hydrogen-bond acceptors (Lipinski definition) is 6. The number of nitrogens with zero attached hydrogens (tertiary/aromatic N) is 6. The van der Waals surface area contributed by atoms with Gasteiger partial charge in [-0.25, -0.2) is 13.8 Å². The quantitative estimate of drug-likeness (QED) is 0.386. The van der Waals surface area contributed by atoms with Gasteiger partial charge in [-0.3, -0.25) is 9.69 Å². The highest BCUT2D eigenvalue weighted by Crippen LogP contribution is 2.37. The molecule has 0 N–H and O–H groups in total. The largest absolute Gasteiger partial charge is 0.363 e. The zero-order valence-corrected chi connectivity index (χ0v) is 21.8. The van der Waals surface area contributed by atoms with Gasteiger partial charge < -0.3 is 9.47 Å². The Bertz CT molecular complexity index is 1690. The van der Waals surface area contributed by atoms with Crippen LogP contribution in [0.1, 0.15) is 42.3 Å². The average Bonchev–Trinajstić information content (AvgIpc) is 2.92. The Morgan fingerprint density at radius 3 is 2.26 bits per heavy atom. The monoisotopic (exact) mass is 524 g/mol. The molecule has 1 saturated heterocycles. The van der Waals surface area contributed by atoms with E-state index in [1.807, 2.05) is 55.1 Å². The molecule has 3 heterocycles. The number of piperazine rings is 1. The molecule has 0 saturated carbocycles. The van der Waals surface area contributed by atoms with Gasteiger partial charge in [0.15, 0.2) is 0 Å². The first kappa shape index (κ1) is 26.0. The van der Waals surface area contributed by atoms with E-state index >= 15 is 0 Å². The zero-order chi connectivity index (χ0) is 27.8. The third kappa shape index (κ3) is 4.62. The van der Waals surface area contributed by atoms with E-state index in [9.17, 15) is 24.1 Å². The van der Waals surface area contributed by atoms with Gasteiger partial charge in [0.2, 0.25) is 0 Å². The molecule has 9 heteroatoms. The van der Waals surface area contributed by atoms with E-state index in [1.165, 1.54) is 16.7 Å². The van der Waals surface area contributed by atoms with Crippen molar-refractivity contribution < 1.29 is 8.78 Å². The fourth-order valence-corrected chi connectivity index (χ4v) is 5.60. The number of aryl methyl sites for hydroxylation is 1. The van der Waals surface area contributed by atoms with Gasteiger partial charge in [-0.15, -0.1) is 0 Å². The van der Waals surface area contributed by atoms with Crippen molar-refractivity contribution in [3.8, 4) is 12.1 Å². The SMILES string of the molecule is C[C@@H]1CN(c2c(C#N)c(=O)n(C)c3ccc(C#N)nc23)[C@@H](C)CN1C(c1ccccc1)c1cc(F)cc(F)c1. The van der Waals surface area contributed by atoms with Gasteiger partial charge in [0, 0.05) is 38.3 Å². The van der Waals surface area contributed by atoms with Gasteiger partial charge in [-0.1, -0.05) is 30.3 Å². The van der Waals surface area contributed by atoms with E-state index in [4.69, 9.17) is 0 Å². The van der Waals surface area contributed by atoms with Crippen LogP contribution in [-0.4, -0.2) is 39.6 Å². The highest BCUT2D eigenvalue weighted by Gasteiger charge is 2.37. The summed E-state index contributed by atoms with van der Waals surface area (Å²) in [6, 6.07) is 19.7. The lowest BCUT2D eigenvalue weighted by atomic mass is 9.93. The lowest BCUT2D eigenvalue weighted by Gasteiger charge is -2.48. The summed E-state index contributed by atoms with van der Waals surface area (Å²) in [5, 5.41) is 19.5. The number of fused-ring (bicyclic) bond motifs is 1. The molecule has 0 spiro atoms. The summed E-state index contributed by atoms with van der Waals surface area (Å²) < 4.78 is 30.0. The molecule has 1 unspecified atom stereocenters. The molecular formula is C30H26F2N6O. The Hall–Kier alpha value is -4.60. The summed E-state index contributed by atoms with van der Waals surface area (Å²) in [5.74, 6) is -1.29. The Morgan fingerprint density at radius 1 is 0.923 bits per heavy atom. The minimum absolute atomic E-state index is 0.0353. The first-order valence-electron chi connectivity index (χ1n) is 12.6. The molecule has 3 atom stereocenters. The molecule has 7 nitrogen and oxygen atoms in total. The summed E-state index contributed by atoms with van der Waals surface area (Å²) in [6.07, 6.45) is 0. The summed E-state index contributed by atoms with van der Waals surface area (Å²) in [4.78, 5) is 21.8. The Labute approximate surface area is 224 Å². The van der Waals surface area contributed by atoms with Crippen molar-refractivity contribution in [2.75, 3.05) is 18.0 Å². The highest BCUT2D eigenvalue weighted by atomic mass is 19.1. The Balaban J connectivity index is 1.62. The third-order valence-corrected chi connectivity index (χ3v) is 7.41. The van der Waals surface area contributed by atoms with Crippen LogP contribution in [0.15, 0.2) is 65.5 Å². The van der Waals surface area contributed by atoms with Gasteiger partial charge in [-0.05, 0) is 49.2 Å². The fraction of sp³-hybridized carbons (Fsp3) is 0.267. The van der Waals surface area contributed by atoms with Crippen molar-refractivity contribution in [1.82, 2.24) is 14.5 Å². The van der Waals surface area contributed by atoms with Crippen LogP contribution in [0.5, 0.6) is 0 Å². The maximum Gasteiger partial charge on any atom is 0.270 e. The summed E-state index contributed by atoms with van der Waals surface area (Å²) in [5.41, 5.74) is 2.44. The molecule has 0 amide bonds. The van der Waals surface area contributed by atoms with E-state index in [2.05, 4.69) is 16.0 Å². The van der Waals surface area contributed by atoms with Crippen molar-refractivity contribution in [2.24, 2.45) is 7.05 Å². The lowest BCUT2D eigenvalue weighted by Crippen LogP contribution is -2.58. The Morgan fingerprint density at radius 2 is 1.62 bits per heavy atom. The normalized spacial score (nSPS) is 18.5. The molecule has 196 valence electrons. The van der Waals surface area contributed by atoms with Crippen LogP contribution in [0.4, 0.5) is 14.5 Å². The molecule has 1 aliphatic heterocycles. The second-order valence-corrected chi connectivity index (χ2v) is 9.94. The van der Waals surface area contributed by atoms with Crippen molar-refractivity contribution >= 4 is 16.7 Å². The fourth-order valence-electron chi connectivity index (χ4n) is 5.60. The van der Waals surface area contributed by atoms with Crippen molar-refractivity contribution in [3.05, 3.63) is 105 Å². The first-order chi connectivity index (χ1) is 18.7. The van der Waals surface area contributed by atoms with Crippen LogP contribution in [0.2, 0.25) is 0 Å². The predicted octanol–water partition coefficient (Wildman–Crippen LogP) is 4.64. The van der Waals surface area contributed by atoms with Crippen LogP contribution in [0, 0.1) is 34.3 Å². The number of anilines is 1. The third-order valence-electron chi connectivity index (χ3n) is 7.41. The number of aromatic nitrogens is 2. The number of hydrogen-bond donors (Lipinski definition) is 0. The summed E-state index contributed by atoms with van der Waals surface area (Å²) >= 11 is 0. The summed E-state index contributed by atoms with van der Waals surface area (Å²) in [6.45, 7) is 4.87. The highest BCUT2D eigenvalue weighted by molar-refractivity contribution is 5.92. The van der Waals surface area contributed by atoms with E-state index in [-0.39, 0.29) is 23.3 Å². The van der Waals surface area contributed by atoms with Crippen LogP contribution >= 0.6 is 0 Å². The lowest BCUT2D eigenvalue weighted by molar-refractivity contribution is 0.129. The van der Waals surface area contributed by atoms with Gasteiger partial charge in [-0.2, -0.15) is 10.5 Å². The number of rotatable bonds is 4. The number of nitriles is 2. The molecule has 5 rings (SSSR count). The van der Waals surface area contributed by atoms with Crippen molar-refractivity contribution in [1.29, 1.82) is 10.5 Å². The molecule has 0 radical (unpaired) electrons. The van der Waals surface area contributed by atoms with Crippen LogP contribution in [0.3, 0.4) is 0 Å². The van der Waals surface area contributed by atoms with Crippen molar-refractivity contribution in [2.45, 2.75) is 32.0 Å². The Kier molecular flexibility index (Phi) is 6.86. The van der Waals surface area contributed by atoms with Crippen LogP contribution in [0.25, 0.3) is 11.0 Å². The summed E-state index contributed by atoms with van der Waals surface area (Å²) in [7, 11) is 1.58. The van der Waals surface area contributed by atoms with Gasteiger partial charge >= 0.3 is 0 Å². The standard InChI is InChI=1S/C30H26F2N6O/c1-18-17-38(29-25(15-34)30(39)36(3)26-10-9-24(14-33)35-27(26)29)19(2)16-37(18)28(20-7-5-4-6-8-20)21-11-22(31)13-23(32)12-21/h4-13,18-19,28H,16-17H2,1-3H3/t18-,19+,28?/m1/s1. The minimum Gasteiger partial charge on any atom is -0.363 e.